The molecule has 0 saturated heterocycles. The van der Waals surface area contributed by atoms with E-state index < -0.39 is 11.9 Å². The molecule has 7 aromatic rings. The number of hydrogen-bond donors (Lipinski definition) is 4. The van der Waals surface area contributed by atoms with Crippen LogP contribution in [0.25, 0.3) is 6.08 Å². The summed E-state index contributed by atoms with van der Waals surface area (Å²) >= 11 is 10.0. The maximum atomic E-state index is 12.5. The van der Waals surface area contributed by atoms with Crippen LogP contribution in [0.15, 0.2) is 176 Å². The SMILES string of the molecule is CCOC(=O)C=Cc1ccc(O)cc1CC.CCOC(=O)C=P(c1ccccc1)(c1ccccc1)c1ccccc1.CCOC(=O)CCc1ccc(O)cc1CC.CCc1cc(O)ccc1C=O.CCc1cccc(O)c1.COC(Cl)Cl. The van der Waals surface area contributed by atoms with E-state index in [2.05, 4.69) is 48.1 Å². The van der Waals surface area contributed by atoms with Crippen molar-refractivity contribution in [3.8, 4) is 23.0 Å². The Morgan fingerprint density at radius 3 is 1.33 bits per heavy atom. The molecule has 0 aliphatic heterocycles. The third-order valence-electron chi connectivity index (χ3n) is 11.9. The molecule has 4 N–H and O–H groups in total. The van der Waals surface area contributed by atoms with Crippen LogP contribution in [-0.2, 0) is 65.4 Å². The van der Waals surface area contributed by atoms with Crippen LogP contribution in [0, 0.1) is 0 Å². The highest BCUT2D eigenvalue weighted by Crippen LogP contribution is 2.43. The fraction of sp³-hybridized carbons (Fsp3) is 0.269. The fourth-order valence-corrected chi connectivity index (χ4v) is 11.5. The zero-order valence-corrected chi connectivity index (χ0v) is 50.6. The Kier molecular flexibility index (Phi) is 34.9. The standard InChI is InChI=1S/C22H21O2P.C13H18O3.C13H16O3.C9H10O2.C8H10O.C2H4Cl2O/c1-2-24-22(23)18-25(19-12-6-3-7-13-19,20-14-8-4-9-15-20)21-16-10-5-11-17-21;2*1-3-10-9-12(14)7-5-11(10)6-8-13(15)16-4-2;1-2-7-5-9(11)4-3-8(7)6-10;1-2-7-4-3-5-8(9)6-7;1-5-2(3)4/h3-18H,2H2,1H3;5,7,9,14H,3-4,6,8H2,1-2H3;5-9,14H,3-4H2,1-2H3;3-6,11H,2H2,1H3;3-6,9H,2H2,1H3;2H,1H3. The smallest absolute Gasteiger partial charge is 0.331 e. The zero-order chi connectivity index (χ0) is 60.7. The van der Waals surface area contributed by atoms with Crippen molar-refractivity contribution < 1.29 is 58.6 Å². The number of benzene rings is 7. The summed E-state index contributed by atoms with van der Waals surface area (Å²) in [7, 11) is 1.44. The van der Waals surface area contributed by atoms with Crippen molar-refractivity contribution in [1.82, 2.24) is 0 Å². The second-order valence-electron chi connectivity index (χ2n) is 17.4. The minimum atomic E-state index is -2.24. The predicted molar refractivity (Wildman–Crippen MR) is 336 cm³/mol. The number of ether oxygens (including phenoxy) is 4. The summed E-state index contributed by atoms with van der Waals surface area (Å²) in [6, 6.07) is 53.2. The third kappa shape index (κ3) is 25.9. The van der Waals surface area contributed by atoms with Gasteiger partial charge in [0.25, 0.3) is 0 Å². The topological polar surface area (TPSA) is 186 Å². The van der Waals surface area contributed by atoms with Crippen molar-refractivity contribution in [3.63, 3.8) is 0 Å². The number of hydrogen-bond acceptors (Lipinski definition) is 12. The monoisotopic (exact) mass is 1180 g/mol. The van der Waals surface area contributed by atoms with Gasteiger partial charge in [-0.2, -0.15) is 0 Å². The lowest BCUT2D eigenvalue weighted by atomic mass is 10.0. The Morgan fingerprint density at radius 2 is 0.915 bits per heavy atom. The molecule has 0 heterocycles. The first-order valence-corrected chi connectivity index (χ1v) is 29.8. The summed E-state index contributed by atoms with van der Waals surface area (Å²) in [5, 5.41) is 39.4. The molecule has 438 valence electrons. The molecule has 0 aliphatic rings. The summed E-state index contributed by atoms with van der Waals surface area (Å²) in [6.07, 6.45) is 8.37. The number of phenols is 4. The number of aryl methyl sites for hydroxylation is 5. The number of carbonyl (C=O) groups excluding carboxylic acids is 4. The number of carbonyl (C=O) groups is 4. The van der Waals surface area contributed by atoms with Gasteiger partial charge in [-0.05, 0) is 170 Å². The Hall–Kier alpha value is -7.60. The Labute approximate surface area is 494 Å². The molecule has 0 saturated carbocycles. The molecule has 0 amide bonds. The van der Waals surface area contributed by atoms with Crippen LogP contribution in [0.2, 0.25) is 0 Å². The van der Waals surface area contributed by atoms with Gasteiger partial charge in [0.1, 0.15) is 29.3 Å². The summed E-state index contributed by atoms with van der Waals surface area (Å²) < 4.78 is 19.2. The highest BCUT2D eigenvalue weighted by atomic mass is 35.5. The number of aldehydes is 1. The van der Waals surface area contributed by atoms with Gasteiger partial charge in [-0.3, -0.25) is 9.59 Å². The maximum Gasteiger partial charge on any atom is 0.331 e. The summed E-state index contributed by atoms with van der Waals surface area (Å²) in [5.74, 6) is 2.10. The second-order valence-corrected chi connectivity index (χ2v) is 21.7. The van der Waals surface area contributed by atoms with Crippen LogP contribution in [0.1, 0.15) is 98.6 Å². The number of halogens is 2. The highest BCUT2D eigenvalue weighted by molar-refractivity contribution is 7.95. The quantitative estimate of drug-likeness (QED) is 0.0159. The molecular weight excluding hydrogens is 1100 g/mol. The van der Waals surface area contributed by atoms with Gasteiger partial charge in [0.15, 0.2) is 0 Å². The number of aromatic hydroxyl groups is 4. The van der Waals surface area contributed by atoms with E-state index in [9.17, 15) is 29.4 Å². The Bertz CT molecular complexity index is 2950. The van der Waals surface area contributed by atoms with Crippen LogP contribution < -0.4 is 15.9 Å². The number of methoxy groups -OCH3 is 1. The molecule has 12 nitrogen and oxygen atoms in total. The van der Waals surface area contributed by atoms with Crippen molar-refractivity contribution >= 4 is 82.1 Å². The molecule has 0 atom stereocenters. The molecule has 15 heteroatoms. The van der Waals surface area contributed by atoms with E-state index >= 15 is 0 Å². The zero-order valence-electron chi connectivity index (χ0n) is 48.2. The van der Waals surface area contributed by atoms with Gasteiger partial charge in [-0.1, -0.05) is 166 Å². The highest BCUT2D eigenvalue weighted by Gasteiger charge is 2.26. The number of phenolic OH excluding ortho intramolecular Hbond substituents is 4. The first kappa shape index (κ1) is 70.5. The van der Waals surface area contributed by atoms with Crippen molar-refractivity contribution in [2.45, 2.75) is 92.0 Å². The van der Waals surface area contributed by atoms with Gasteiger partial charge >= 0.3 is 17.9 Å². The van der Waals surface area contributed by atoms with Crippen LogP contribution in [-0.4, -0.2) is 82.4 Å². The van der Waals surface area contributed by atoms with Crippen LogP contribution in [0.5, 0.6) is 23.0 Å². The molecule has 0 unspecified atom stereocenters. The van der Waals surface area contributed by atoms with E-state index in [0.29, 0.717) is 44.0 Å². The molecule has 7 aromatic carbocycles. The van der Waals surface area contributed by atoms with Gasteiger partial charge < -0.3 is 39.4 Å². The molecule has 0 radical (unpaired) electrons. The minimum Gasteiger partial charge on any atom is -0.508 e. The molecule has 7 rings (SSSR count). The largest absolute Gasteiger partial charge is 0.508 e. The second kappa shape index (κ2) is 40.6. The predicted octanol–water partition coefficient (Wildman–Crippen LogP) is 13.4. The van der Waals surface area contributed by atoms with E-state index in [1.165, 1.54) is 24.8 Å². The number of rotatable bonds is 18. The maximum absolute atomic E-state index is 12.5. The summed E-state index contributed by atoms with van der Waals surface area (Å²) in [4.78, 5) is 45.3. The van der Waals surface area contributed by atoms with E-state index in [4.69, 9.17) is 47.6 Å². The molecule has 0 aliphatic carbocycles. The Balaban J connectivity index is 0.000000357. The number of esters is 3. The molecule has 0 fully saturated rings. The van der Waals surface area contributed by atoms with Crippen molar-refractivity contribution in [1.29, 1.82) is 0 Å². The summed E-state index contributed by atoms with van der Waals surface area (Å²) in [6.45, 7) is 12.4. The van der Waals surface area contributed by atoms with E-state index in [-0.39, 0.29) is 35.2 Å². The van der Waals surface area contributed by atoms with E-state index in [0.717, 1.165) is 75.7 Å². The lowest BCUT2D eigenvalue weighted by Gasteiger charge is -2.28. The Morgan fingerprint density at radius 1 is 0.488 bits per heavy atom. The molecule has 0 spiro atoms. The molecule has 0 aromatic heterocycles. The first-order chi connectivity index (χ1) is 39.5. The molecule has 0 bridgehead atoms. The van der Waals surface area contributed by atoms with Crippen LogP contribution >= 0.6 is 30.1 Å². The van der Waals surface area contributed by atoms with E-state index in [1.807, 2.05) is 100 Å². The van der Waals surface area contributed by atoms with E-state index in [1.54, 1.807) is 80.3 Å². The minimum absolute atomic E-state index is 0.169. The fourth-order valence-electron chi connectivity index (χ4n) is 7.85. The lowest BCUT2D eigenvalue weighted by molar-refractivity contribution is -0.143. The lowest BCUT2D eigenvalue weighted by Crippen LogP contribution is -2.29. The average molecular weight is 1180 g/mol. The third-order valence-corrected chi connectivity index (χ3v) is 16.2. The van der Waals surface area contributed by atoms with Gasteiger partial charge in [0.2, 0.25) is 5.02 Å². The van der Waals surface area contributed by atoms with Crippen molar-refractivity contribution in [2.24, 2.45) is 0 Å². The molecule has 82 heavy (non-hydrogen) atoms. The van der Waals surface area contributed by atoms with Gasteiger partial charge in [0.05, 0.1) is 19.8 Å². The number of alkyl halides is 2. The average Bonchev–Trinajstić information content (AvgIpc) is 3.50. The van der Waals surface area contributed by atoms with Crippen LogP contribution in [0.4, 0.5) is 0 Å². The first-order valence-electron chi connectivity index (χ1n) is 27.1. The molecular formula is C67H79Cl2O12P. The summed E-state index contributed by atoms with van der Waals surface area (Å²) in [5.41, 5.74) is 6.84. The van der Waals surface area contributed by atoms with Gasteiger partial charge in [0, 0.05) is 31.0 Å². The van der Waals surface area contributed by atoms with Crippen molar-refractivity contribution in [3.05, 3.63) is 215 Å². The van der Waals surface area contributed by atoms with Crippen molar-refractivity contribution in [2.75, 3.05) is 26.9 Å². The van der Waals surface area contributed by atoms with Crippen LogP contribution in [0.3, 0.4) is 0 Å². The van der Waals surface area contributed by atoms with Gasteiger partial charge in [-0.15, -0.1) is 0 Å². The van der Waals surface area contributed by atoms with Gasteiger partial charge in [-0.25, -0.2) is 9.59 Å². The normalized spacial score (nSPS) is 10.3.